The Morgan fingerprint density at radius 3 is 2.38 bits per heavy atom. The molecule has 2 aromatic carbocycles. The van der Waals surface area contributed by atoms with E-state index in [0.29, 0.717) is 46.9 Å². The molecule has 1 atom stereocenters. The highest BCUT2D eigenvalue weighted by atomic mass is 32.2. The quantitative estimate of drug-likeness (QED) is 0.126. The lowest BCUT2D eigenvalue weighted by molar-refractivity contribution is -0.140. The van der Waals surface area contributed by atoms with Crippen molar-refractivity contribution >= 4 is 35.4 Å². The number of pyridine rings is 1. The van der Waals surface area contributed by atoms with E-state index in [2.05, 4.69) is 15.0 Å². The van der Waals surface area contributed by atoms with Gasteiger partial charge in [0, 0.05) is 42.5 Å². The van der Waals surface area contributed by atoms with Crippen LogP contribution in [0.5, 0.6) is 5.75 Å². The molecule has 258 valence electrons. The number of halogens is 5. The molecule has 0 aliphatic heterocycles. The summed E-state index contributed by atoms with van der Waals surface area (Å²) in [5.41, 5.74) is -0.773. The summed E-state index contributed by atoms with van der Waals surface area (Å²) in [6, 6.07) is 5.23. The van der Waals surface area contributed by atoms with Gasteiger partial charge in [0.1, 0.15) is 23.5 Å². The predicted molar refractivity (Wildman–Crippen MR) is 166 cm³/mol. The number of carboxylic acid groups (broad SMARTS) is 1. The molecule has 1 saturated carbocycles. The lowest BCUT2D eigenvalue weighted by Crippen LogP contribution is -2.46. The highest BCUT2D eigenvalue weighted by Gasteiger charge is 2.40. The van der Waals surface area contributed by atoms with E-state index in [9.17, 15) is 30.8 Å². The van der Waals surface area contributed by atoms with Crippen LogP contribution in [0.15, 0.2) is 42.7 Å². The average molecular weight is 705 g/mol. The van der Waals surface area contributed by atoms with Gasteiger partial charge in [0.05, 0.1) is 11.7 Å². The summed E-state index contributed by atoms with van der Waals surface area (Å²) < 4.78 is 109. The summed E-state index contributed by atoms with van der Waals surface area (Å²) in [6.45, 7) is 9.53. The van der Waals surface area contributed by atoms with Crippen LogP contribution in [-0.4, -0.2) is 51.6 Å². The minimum absolute atomic E-state index is 0.0850. The molecule has 1 heterocycles. The maximum absolute atomic E-state index is 15.9. The van der Waals surface area contributed by atoms with Crippen LogP contribution < -0.4 is 19.5 Å². The first-order chi connectivity index (χ1) is 21.7. The second-order valence-corrected chi connectivity index (χ2v) is 19.2. The van der Waals surface area contributed by atoms with Gasteiger partial charge < -0.3 is 19.6 Å². The van der Waals surface area contributed by atoms with E-state index < -0.39 is 66.7 Å². The van der Waals surface area contributed by atoms with Crippen LogP contribution in [0.1, 0.15) is 56.4 Å². The lowest BCUT2D eigenvalue weighted by Gasteiger charge is -2.39. The van der Waals surface area contributed by atoms with Crippen LogP contribution in [0.25, 0.3) is 10.8 Å². The molecule has 3 aromatic rings. The van der Waals surface area contributed by atoms with Crippen LogP contribution >= 0.6 is 0 Å². The van der Waals surface area contributed by atoms with Gasteiger partial charge in [0.15, 0.2) is 8.32 Å². The molecule has 4 rings (SSSR count). The van der Waals surface area contributed by atoms with Crippen molar-refractivity contribution in [3.05, 3.63) is 71.1 Å². The van der Waals surface area contributed by atoms with E-state index in [1.165, 1.54) is 23.2 Å². The molecule has 17 heteroatoms. The maximum atomic E-state index is 15.9. The first-order valence-electron chi connectivity index (χ1n) is 14.7. The Labute approximate surface area is 270 Å². The second-order valence-electron chi connectivity index (χ2n) is 12.9. The molecule has 0 spiro atoms. The van der Waals surface area contributed by atoms with Gasteiger partial charge in [-0.1, -0.05) is 20.8 Å². The number of hydrogen-bond donors (Lipinski definition) is 4. The van der Waals surface area contributed by atoms with E-state index in [-0.39, 0.29) is 23.4 Å². The second kappa shape index (κ2) is 13.6. The van der Waals surface area contributed by atoms with Gasteiger partial charge in [-0.2, -0.15) is 26.3 Å². The highest BCUT2D eigenvalue weighted by molar-refractivity contribution is 7.88. The fourth-order valence-corrected chi connectivity index (χ4v) is 6.86. The first-order valence-corrected chi connectivity index (χ1v) is 19.1. The third-order valence-electron chi connectivity index (χ3n) is 8.51. The molecule has 0 saturated heterocycles. The summed E-state index contributed by atoms with van der Waals surface area (Å²) >= 11 is 0. The molecule has 10 nitrogen and oxygen atoms in total. The van der Waals surface area contributed by atoms with Crippen LogP contribution in [0.4, 0.5) is 26.7 Å². The van der Waals surface area contributed by atoms with Gasteiger partial charge in [0.25, 0.3) is 0 Å². The Morgan fingerprint density at radius 1 is 1.09 bits per heavy atom. The van der Waals surface area contributed by atoms with Gasteiger partial charge in [-0.25, -0.2) is 18.3 Å². The number of nitrogens with one attached hydrogen (secondary N) is 3. The van der Waals surface area contributed by atoms with E-state index >= 15 is 4.39 Å². The third kappa shape index (κ3) is 8.95. The molecular weight excluding hydrogens is 667 g/mol. The van der Waals surface area contributed by atoms with Crippen LogP contribution in [0.3, 0.4) is 0 Å². The Hall–Kier alpha value is -3.38. The first kappa shape index (κ1) is 36.5. The molecule has 1 aliphatic rings. The van der Waals surface area contributed by atoms with Crippen molar-refractivity contribution in [2.75, 3.05) is 6.54 Å². The fraction of sp³-hybridized carbons (Fsp3) is 0.467. The van der Waals surface area contributed by atoms with Crippen LogP contribution in [0.2, 0.25) is 18.1 Å². The zero-order valence-electron chi connectivity index (χ0n) is 26.3. The van der Waals surface area contributed by atoms with E-state index in [1.807, 2.05) is 33.9 Å². The summed E-state index contributed by atoms with van der Waals surface area (Å²) in [4.78, 5) is 15.2. The topological polar surface area (TPSA) is 139 Å². The normalized spacial score (nSPS) is 18.1. The Bertz CT molecular complexity index is 1730. The molecule has 1 unspecified atom stereocenters. The van der Waals surface area contributed by atoms with Gasteiger partial charge in [-0.15, -0.1) is 0 Å². The Kier molecular flexibility index (Phi) is 10.6. The van der Waals surface area contributed by atoms with Gasteiger partial charge in [0.2, 0.25) is 0 Å². The zero-order chi connectivity index (χ0) is 34.9. The smallest absolute Gasteiger partial charge is 0.419 e. The molecule has 0 bridgehead atoms. The number of aromatic nitrogens is 1. The number of rotatable bonds is 12. The molecular formula is C30H37F5N4O6SSi. The van der Waals surface area contributed by atoms with E-state index in [1.54, 1.807) is 6.07 Å². The molecule has 1 aromatic heterocycles. The van der Waals surface area contributed by atoms with Crippen molar-refractivity contribution in [1.82, 2.24) is 19.7 Å². The molecule has 1 amide bonds. The molecule has 1 fully saturated rings. The maximum Gasteiger partial charge on any atom is 0.419 e. The summed E-state index contributed by atoms with van der Waals surface area (Å²) in [5, 5.41) is 12.8. The molecule has 1 aliphatic carbocycles. The van der Waals surface area contributed by atoms with Gasteiger partial charge >= 0.3 is 22.5 Å². The van der Waals surface area contributed by atoms with Crippen molar-refractivity contribution in [3.63, 3.8) is 0 Å². The SMILES string of the molecule is CC(C)(C)[Si](C)(C)OC(CNS(=O)(=O)NC(=O)O)c1cc(F)c(CNC2CC(Oc3ccc(F)c(C(F)(F)F)c3)C2)c2ccncc12. The molecule has 4 N–H and O–H groups in total. The monoisotopic (exact) mass is 704 g/mol. The van der Waals surface area contributed by atoms with Crippen molar-refractivity contribution < 1.29 is 49.4 Å². The van der Waals surface area contributed by atoms with Crippen molar-refractivity contribution in [3.8, 4) is 5.75 Å². The number of benzene rings is 2. The number of hydrogen-bond acceptors (Lipinski definition) is 7. The van der Waals surface area contributed by atoms with Crippen molar-refractivity contribution in [2.24, 2.45) is 0 Å². The third-order valence-corrected chi connectivity index (χ3v) is 14.0. The Balaban J connectivity index is 1.53. The Morgan fingerprint density at radius 2 is 1.77 bits per heavy atom. The highest BCUT2D eigenvalue weighted by Crippen LogP contribution is 2.41. The van der Waals surface area contributed by atoms with Gasteiger partial charge in [-0.05, 0) is 72.3 Å². The number of fused-ring (bicyclic) bond motifs is 1. The standard InChI is InChI=1S/C30H37F5N4O6SSi/c1-29(2,3)47(4,5)45-27(16-38-46(42,43)39-28(40)41)21-13-26(32)23(20-8-9-36-14-22(20)21)15-37-17-10-19(11-17)44-18-6-7-25(31)24(12-18)30(33,34)35/h6-9,12-14,17,19,27,37-39H,10-11,15-16H2,1-5H3,(H,40,41). The van der Waals surface area contributed by atoms with Gasteiger partial charge in [-0.3, -0.25) is 4.98 Å². The number of carbonyl (C=O) groups is 1. The fourth-order valence-electron chi connectivity index (χ4n) is 4.91. The van der Waals surface area contributed by atoms with E-state index in [0.717, 1.165) is 6.07 Å². The number of nitrogens with zero attached hydrogens (tertiary/aromatic N) is 1. The minimum atomic E-state index is -4.85. The van der Waals surface area contributed by atoms with Crippen LogP contribution in [-0.2, 0) is 27.4 Å². The number of amides is 1. The molecule has 47 heavy (non-hydrogen) atoms. The van der Waals surface area contributed by atoms with Crippen molar-refractivity contribution in [2.45, 2.75) is 82.7 Å². The largest absolute Gasteiger partial charge is 0.490 e. The number of alkyl halides is 3. The zero-order valence-corrected chi connectivity index (χ0v) is 28.2. The summed E-state index contributed by atoms with van der Waals surface area (Å²) in [6.07, 6.45) is -4.19. The lowest BCUT2D eigenvalue weighted by atomic mass is 9.88. The minimum Gasteiger partial charge on any atom is -0.490 e. The average Bonchev–Trinajstić information content (AvgIpc) is 2.91. The van der Waals surface area contributed by atoms with Crippen molar-refractivity contribution in [1.29, 1.82) is 0 Å². The summed E-state index contributed by atoms with van der Waals surface area (Å²) in [7, 11) is -7.04. The van der Waals surface area contributed by atoms with E-state index in [4.69, 9.17) is 14.3 Å². The molecule has 0 radical (unpaired) electrons. The summed E-state index contributed by atoms with van der Waals surface area (Å²) in [5.74, 6) is -2.08. The van der Waals surface area contributed by atoms with Crippen LogP contribution in [0, 0.1) is 11.6 Å². The predicted octanol–water partition coefficient (Wildman–Crippen LogP) is 6.40. The number of ether oxygens (including phenoxy) is 1.